The second kappa shape index (κ2) is 6.01. The van der Waals surface area contributed by atoms with Gasteiger partial charge in [0.1, 0.15) is 0 Å². The predicted molar refractivity (Wildman–Crippen MR) is 76.9 cm³/mol. The molecule has 6 heteroatoms. The lowest BCUT2D eigenvalue weighted by molar-refractivity contribution is -0.0611. The highest BCUT2D eigenvalue weighted by molar-refractivity contribution is 5.89. The number of nitrogens with zero attached hydrogens (tertiary/aromatic N) is 1. The summed E-state index contributed by atoms with van der Waals surface area (Å²) in [5, 5.41) is 12.1. The third-order valence-corrected chi connectivity index (χ3v) is 3.94. The zero-order chi connectivity index (χ0) is 14.8. The molecule has 0 saturated carbocycles. The van der Waals surface area contributed by atoms with E-state index in [9.17, 15) is 9.90 Å². The van der Waals surface area contributed by atoms with E-state index in [0.717, 1.165) is 11.3 Å². The lowest BCUT2D eigenvalue weighted by Crippen LogP contribution is -2.53. The number of aliphatic hydroxyl groups excluding tert-OH is 1. The summed E-state index contributed by atoms with van der Waals surface area (Å²) in [7, 11) is 0. The number of urea groups is 1. The zero-order valence-electron chi connectivity index (χ0n) is 12.0. The maximum Gasteiger partial charge on any atom is 0.322 e. The van der Waals surface area contributed by atoms with E-state index in [1.54, 1.807) is 4.90 Å². The Kier molecular flexibility index (Phi) is 4.10. The van der Waals surface area contributed by atoms with Crippen LogP contribution in [0, 0.1) is 0 Å². The lowest BCUT2D eigenvalue weighted by Gasteiger charge is -2.37. The van der Waals surface area contributed by atoms with Gasteiger partial charge in [0.15, 0.2) is 0 Å². The van der Waals surface area contributed by atoms with Crippen molar-refractivity contribution >= 4 is 11.7 Å². The minimum absolute atomic E-state index is 0.00874. The summed E-state index contributed by atoms with van der Waals surface area (Å²) in [5.74, 6) is 0. The molecule has 1 aromatic rings. The van der Waals surface area contributed by atoms with Gasteiger partial charge in [-0.15, -0.1) is 0 Å². The van der Waals surface area contributed by atoms with Crippen LogP contribution in [0.1, 0.15) is 18.1 Å². The average Bonchev–Trinajstić information content (AvgIpc) is 2.95. The van der Waals surface area contributed by atoms with E-state index in [-0.39, 0.29) is 24.8 Å². The third kappa shape index (κ3) is 3.02. The van der Waals surface area contributed by atoms with Gasteiger partial charge in [0, 0.05) is 5.69 Å². The number of hydrogen-bond donors (Lipinski definition) is 2. The summed E-state index contributed by atoms with van der Waals surface area (Å²) in [4.78, 5) is 14.1. The first kappa shape index (κ1) is 14.3. The first-order valence-corrected chi connectivity index (χ1v) is 7.17. The van der Waals surface area contributed by atoms with Crippen LogP contribution < -0.4 is 5.32 Å². The summed E-state index contributed by atoms with van der Waals surface area (Å²) in [6.45, 7) is 3.94. The Hall–Kier alpha value is -1.63. The molecule has 0 aliphatic carbocycles. The molecule has 0 spiro atoms. The maximum atomic E-state index is 12.4. The highest BCUT2D eigenvalue weighted by Crippen LogP contribution is 2.23. The summed E-state index contributed by atoms with van der Waals surface area (Å²) in [6.07, 6.45) is -0.305. The van der Waals surface area contributed by atoms with Gasteiger partial charge in [0.25, 0.3) is 0 Å². The molecule has 0 bridgehead atoms. The van der Waals surface area contributed by atoms with Crippen molar-refractivity contribution in [2.24, 2.45) is 0 Å². The molecule has 21 heavy (non-hydrogen) atoms. The first-order chi connectivity index (χ1) is 10.2. The van der Waals surface area contributed by atoms with Gasteiger partial charge in [0.05, 0.1) is 45.1 Å². The Balaban J connectivity index is 1.67. The molecule has 0 radical (unpaired) electrons. The van der Waals surface area contributed by atoms with Crippen LogP contribution in [0.4, 0.5) is 10.5 Å². The zero-order valence-corrected chi connectivity index (χ0v) is 12.0. The number of aliphatic hydroxyl groups is 1. The number of amides is 2. The minimum Gasteiger partial charge on any atom is -0.394 e. The van der Waals surface area contributed by atoms with E-state index >= 15 is 0 Å². The Morgan fingerprint density at radius 3 is 3.05 bits per heavy atom. The van der Waals surface area contributed by atoms with E-state index in [4.69, 9.17) is 9.47 Å². The number of morpholine rings is 1. The molecule has 2 aliphatic rings. The smallest absolute Gasteiger partial charge is 0.322 e. The second-order valence-corrected chi connectivity index (χ2v) is 5.55. The average molecular weight is 292 g/mol. The summed E-state index contributed by atoms with van der Waals surface area (Å²) < 4.78 is 10.8. The molecule has 2 unspecified atom stereocenters. The molecular weight excluding hydrogens is 272 g/mol. The molecule has 0 aromatic heterocycles. The van der Waals surface area contributed by atoms with Gasteiger partial charge in [-0.05, 0) is 30.2 Å². The number of ether oxygens (including phenoxy) is 2. The minimum atomic E-state index is -0.305. The normalized spacial score (nSPS) is 24.8. The first-order valence-electron chi connectivity index (χ1n) is 7.17. The predicted octanol–water partition coefficient (Wildman–Crippen LogP) is 1.33. The number of benzene rings is 1. The molecule has 2 amide bonds. The van der Waals surface area contributed by atoms with Crippen LogP contribution in [0.3, 0.4) is 0 Å². The molecule has 3 rings (SSSR count). The number of anilines is 1. The van der Waals surface area contributed by atoms with Crippen LogP contribution in [0.2, 0.25) is 0 Å². The molecule has 114 valence electrons. The van der Waals surface area contributed by atoms with E-state index < -0.39 is 0 Å². The van der Waals surface area contributed by atoms with Crippen LogP contribution in [0.25, 0.3) is 0 Å². The second-order valence-electron chi connectivity index (χ2n) is 5.55. The molecule has 1 fully saturated rings. The van der Waals surface area contributed by atoms with Crippen molar-refractivity contribution in [2.45, 2.75) is 32.3 Å². The van der Waals surface area contributed by atoms with Crippen LogP contribution in [-0.2, 0) is 22.7 Å². The number of rotatable bonds is 2. The van der Waals surface area contributed by atoms with Crippen molar-refractivity contribution < 1.29 is 19.4 Å². The van der Waals surface area contributed by atoms with Crippen molar-refractivity contribution in [2.75, 3.05) is 25.1 Å². The SMILES string of the molecule is CC1COC(CO)CN1C(=O)Nc1ccc2c(c1)COC2. The molecule has 6 nitrogen and oxygen atoms in total. The largest absolute Gasteiger partial charge is 0.394 e. The Morgan fingerprint density at radius 2 is 2.24 bits per heavy atom. The Labute approximate surface area is 123 Å². The summed E-state index contributed by atoms with van der Waals surface area (Å²) in [6, 6.07) is 5.65. The molecule has 2 atom stereocenters. The fourth-order valence-electron chi connectivity index (χ4n) is 2.66. The Morgan fingerprint density at radius 1 is 1.43 bits per heavy atom. The lowest BCUT2D eigenvalue weighted by atomic mass is 10.1. The molecule has 2 heterocycles. The summed E-state index contributed by atoms with van der Waals surface area (Å²) in [5.41, 5.74) is 3.06. The van der Waals surface area contributed by atoms with Crippen LogP contribution >= 0.6 is 0 Å². The van der Waals surface area contributed by atoms with Gasteiger partial charge in [-0.1, -0.05) is 6.07 Å². The molecule has 1 saturated heterocycles. The number of carbonyl (C=O) groups excluding carboxylic acids is 1. The topological polar surface area (TPSA) is 71.0 Å². The maximum absolute atomic E-state index is 12.4. The van der Waals surface area contributed by atoms with Crippen LogP contribution in [-0.4, -0.2) is 47.9 Å². The number of carbonyl (C=O) groups is 1. The van der Waals surface area contributed by atoms with Crippen LogP contribution in [0.5, 0.6) is 0 Å². The summed E-state index contributed by atoms with van der Waals surface area (Å²) >= 11 is 0. The van der Waals surface area contributed by atoms with Crippen molar-refractivity contribution in [1.29, 1.82) is 0 Å². The van der Waals surface area contributed by atoms with Gasteiger partial charge in [-0.2, -0.15) is 0 Å². The highest BCUT2D eigenvalue weighted by Gasteiger charge is 2.29. The van der Waals surface area contributed by atoms with Crippen molar-refractivity contribution in [3.63, 3.8) is 0 Å². The highest BCUT2D eigenvalue weighted by atomic mass is 16.5. The van der Waals surface area contributed by atoms with Gasteiger partial charge in [-0.3, -0.25) is 0 Å². The van der Waals surface area contributed by atoms with Crippen molar-refractivity contribution in [3.8, 4) is 0 Å². The van der Waals surface area contributed by atoms with Gasteiger partial charge in [0.2, 0.25) is 0 Å². The molecule has 2 N–H and O–H groups in total. The fourth-order valence-corrected chi connectivity index (χ4v) is 2.66. The van der Waals surface area contributed by atoms with Gasteiger partial charge in [-0.25, -0.2) is 4.79 Å². The van der Waals surface area contributed by atoms with Gasteiger partial charge < -0.3 is 24.8 Å². The van der Waals surface area contributed by atoms with Crippen molar-refractivity contribution in [1.82, 2.24) is 4.90 Å². The fraction of sp³-hybridized carbons (Fsp3) is 0.533. The number of nitrogens with one attached hydrogen (secondary N) is 1. The van der Waals surface area contributed by atoms with E-state index in [1.807, 2.05) is 25.1 Å². The molecular formula is C15H20N2O4. The monoisotopic (exact) mass is 292 g/mol. The van der Waals surface area contributed by atoms with Crippen molar-refractivity contribution in [3.05, 3.63) is 29.3 Å². The van der Waals surface area contributed by atoms with E-state index in [2.05, 4.69) is 5.32 Å². The van der Waals surface area contributed by atoms with E-state index in [1.165, 1.54) is 5.56 Å². The van der Waals surface area contributed by atoms with E-state index in [0.29, 0.717) is 26.4 Å². The Bertz CT molecular complexity index is 534. The van der Waals surface area contributed by atoms with Crippen LogP contribution in [0.15, 0.2) is 18.2 Å². The standard InChI is InChI=1S/C15H20N2O4/c1-10-7-21-14(6-18)5-17(10)15(19)16-13-3-2-11-8-20-9-12(11)4-13/h2-4,10,14,18H,5-9H2,1H3,(H,16,19). The quantitative estimate of drug-likeness (QED) is 0.862. The number of fused-ring (bicyclic) bond motifs is 1. The molecule has 1 aromatic carbocycles. The molecule has 2 aliphatic heterocycles. The van der Waals surface area contributed by atoms with Gasteiger partial charge >= 0.3 is 6.03 Å². The third-order valence-electron chi connectivity index (χ3n) is 3.94. The number of hydrogen-bond acceptors (Lipinski definition) is 4.